The highest BCUT2D eigenvalue weighted by Crippen LogP contribution is 2.04. The van der Waals surface area contributed by atoms with Crippen molar-refractivity contribution in [3.8, 4) is 0 Å². The van der Waals surface area contributed by atoms with Gasteiger partial charge in [0.15, 0.2) is 0 Å². The minimum atomic E-state index is 0.657. The van der Waals surface area contributed by atoms with Crippen LogP contribution in [0, 0.1) is 0 Å². The Balaban J connectivity index is 2.68. The Kier molecular flexibility index (Phi) is 1.97. The van der Waals surface area contributed by atoms with Gasteiger partial charge in [0.25, 0.3) is 0 Å². The molecule has 0 spiro atoms. The molecule has 0 aromatic rings. The second-order valence-corrected chi connectivity index (χ2v) is 3.26. The molecular weight excluding hydrogens is 124 g/mol. The van der Waals surface area contributed by atoms with Gasteiger partial charge in [-0.05, 0) is 13.8 Å². The Labute approximate surface area is 63.2 Å². The van der Waals surface area contributed by atoms with Crippen LogP contribution in [0.2, 0.25) is 0 Å². The third-order valence-corrected chi connectivity index (χ3v) is 2.27. The molecule has 1 aliphatic heterocycles. The number of likely N-dealkylation sites (N-methyl/N-ethyl adjacent to an activating group) is 1. The Morgan fingerprint density at radius 3 is 2.30 bits per heavy atom. The topological polar surface area (TPSA) is 6.25 Å². The fraction of sp³-hybridized carbons (Fsp3) is 0.875. The van der Waals surface area contributed by atoms with Crippen molar-refractivity contribution in [2.24, 2.45) is 0 Å². The number of hydrogen-bond acceptors (Lipinski definition) is 1. The second-order valence-electron chi connectivity index (χ2n) is 3.26. The summed E-state index contributed by atoms with van der Waals surface area (Å²) in [4.78, 5) is 2.43. The van der Waals surface area contributed by atoms with Crippen LogP contribution in [0.3, 0.4) is 0 Å². The van der Waals surface area contributed by atoms with Gasteiger partial charge in [-0.1, -0.05) is 0 Å². The summed E-state index contributed by atoms with van der Waals surface area (Å²) < 4.78 is 2.31. The molecule has 0 saturated heterocycles. The molecule has 0 N–H and O–H groups in total. The Bertz CT molecular complexity index is 159. The van der Waals surface area contributed by atoms with Crippen LogP contribution in [0.1, 0.15) is 20.8 Å². The molecule has 0 amide bonds. The maximum atomic E-state index is 2.43. The third kappa shape index (κ3) is 1.15. The molecule has 0 bridgehead atoms. The molecular formula is C8H17N2+. The van der Waals surface area contributed by atoms with Crippen LogP contribution in [0.25, 0.3) is 0 Å². The number of amidine groups is 1. The average Bonchev–Trinajstić information content (AvgIpc) is 2.14. The van der Waals surface area contributed by atoms with Crippen molar-refractivity contribution in [3.05, 3.63) is 0 Å². The summed E-state index contributed by atoms with van der Waals surface area (Å²) in [6.07, 6.45) is 0. The lowest BCUT2D eigenvalue weighted by atomic mass is 10.3. The van der Waals surface area contributed by atoms with Crippen LogP contribution in [0.15, 0.2) is 0 Å². The quantitative estimate of drug-likeness (QED) is 0.489. The van der Waals surface area contributed by atoms with Crippen LogP contribution < -0.4 is 0 Å². The van der Waals surface area contributed by atoms with E-state index < -0.39 is 0 Å². The van der Waals surface area contributed by atoms with Crippen molar-refractivity contribution in [3.63, 3.8) is 0 Å². The Morgan fingerprint density at radius 2 is 2.10 bits per heavy atom. The van der Waals surface area contributed by atoms with E-state index in [-0.39, 0.29) is 0 Å². The lowest BCUT2D eigenvalue weighted by Gasteiger charge is -2.14. The van der Waals surface area contributed by atoms with Crippen LogP contribution in [0.5, 0.6) is 0 Å². The predicted molar refractivity (Wildman–Crippen MR) is 43.6 cm³/mol. The summed E-state index contributed by atoms with van der Waals surface area (Å²) in [5.74, 6) is 1.41. The molecule has 10 heavy (non-hydrogen) atoms. The molecule has 58 valence electrons. The van der Waals surface area contributed by atoms with Crippen molar-refractivity contribution in [1.82, 2.24) is 4.90 Å². The normalized spacial score (nSPS) is 19.5. The predicted octanol–water partition coefficient (Wildman–Crippen LogP) is 0.771. The minimum absolute atomic E-state index is 0.657. The van der Waals surface area contributed by atoms with E-state index in [2.05, 4.69) is 37.3 Å². The van der Waals surface area contributed by atoms with Gasteiger partial charge in [-0.15, -0.1) is 0 Å². The molecule has 0 radical (unpaired) electrons. The highest BCUT2D eigenvalue weighted by molar-refractivity contribution is 5.75. The summed E-state index contributed by atoms with van der Waals surface area (Å²) >= 11 is 0. The zero-order valence-electron chi connectivity index (χ0n) is 7.39. The SMILES string of the molecule is CC1=[N+](C)CCN1C(C)C. The lowest BCUT2D eigenvalue weighted by Crippen LogP contribution is -2.33. The van der Waals surface area contributed by atoms with Crippen molar-refractivity contribution in [1.29, 1.82) is 0 Å². The van der Waals surface area contributed by atoms with Gasteiger partial charge in [-0.2, -0.15) is 0 Å². The lowest BCUT2D eigenvalue weighted by molar-refractivity contribution is -0.487. The monoisotopic (exact) mass is 141 g/mol. The van der Waals surface area contributed by atoms with E-state index in [9.17, 15) is 0 Å². The summed E-state index contributed by atoms with van der Waals surface area (Å²) in [6.45, 7) is 9.04. The first kappa shape index (κ1) is 7.58. The molecule has 0 aliphatic carbocycles. The first-order valence-electron chi connectivity index (χ1n) is 3.94. The van der Waals surface area contributed by atoms with E-state index in [1.165, 1.54) is 18.9 Å². The Morgan fingerprint density at radius 1 is 1.50 bits per heavy atom. The fourth-order valence-electron chi connectivity index (χ4n) is 1.43. The van der Waals surface area contributed by atoms with Gasteiger partial charge < -0.3 is 0 Å². The van der Waals surface area contributed by atoms with Gasteiger partial charge >= 0.3 is 0 Å². The second kappa shape index (κ2) is 2.60. The Hall–Kier alpha value is -0.530. The van der Waals surface area contributed by atoms with Crippen LogP contribution in [-0.4, -0.2) is 41.5 Å². The number of hydrogen-bond donors (Lipinski definition) is 0. The molecule has 1 rings (SSSR count). The van der Waals surface area contributed by atoms with E-state index in [0.717, 1.165) is 0 Å². The van der Waals surface area contributed by atoms with E-state index in [1.807, 2.05) is 0 Å². The summed E-state index contributed by atoms with van der Waals surface area (Å²) in [5.41, 5.74) is 0. The standard InChI is InChI=1S/C8H17N2/c1-7(2)10-6-5-9(4)8(10)3/h7H,5-6H2,1-4H3/q+1. The minimum Gasteiger partial charge on any atom is -0.265 e. The van der Waals surface area contributed by atoms with Gasteiger partial charge in [0.1, 0.15) is 13.1 Å². The van der Waals surface area contributed by atoms with E-state index in [4.69, 9.17) is 0 Å². The molecule has 1 aliphatic rings. The van der Waals surface area contributed by atoms with Gasteiger partial charge in [0.05, 0.1) is 13.1 Å². The average molecular weight is 141 g/mol. The maximum Gasteiger partial charge on any atom is 0.243 e. The van der Waals surface area contributed by atoms with Gasteiger partial charge in [-0.25, -0.2) is 0 Å². The van der Waals surface area contributed by atoms with Crippen molar-refractivity contribution in [2.45, 2.75) is 26.8 Å². The van der Waals surface area contributed by atoms with Gasteiger partial charge in [0.2, 0.25) is 5.84 Å². The van der Waals surface area contributed by atoms with Crippen molar-refractivity contribution >= 4 is 5.84 Å². The molecule has 0 unspecified atom stereocenters. The first-order chi connectivity index (χ1) is 4.63. The maximum absolute atomic E-state index is 2.43. The fourth-order valence-corrected chi connectivity index (χ4v) is 1.43. The van der Waals surface area contributed by atoms with Crippen molar-refractivity contribution < 1.29 is 4.58 Å². The highest BCUT2D eigenvalue weighted by atomic mass is 15.3. The first-order valence-corrected chi connectivity index (χ1v) is 3.94. The zero-order chi connectivity index (χ0) is 7.72. The van der Waals surface area contributed by atoms with E-state index in [1.54, 1.807) is 0 Å². The summed E-state index contributed by atoms with van der Waals surface area (Å²) in [6, 6.07) is 0.657. The molecule has 1 heterocycles. The van der Waals surface area contributed by atoms with Crippen molar-refractivity contribution in [2.75, 3.05) is 20.1 Å². The van der Waals surface area contributed by atoms with Gasteiger partial charge in [0, 0.05) is 6.92 Å². The molecule has 0 aromatic carbocycles. The molecule has 0 saturated carbocycles. The van der Waals surface area contributed by atoms with E-state index in [0.29, 0.717) is 6.04 Å². The summed E-state index contributed by atoms with van der Waals surface area (Å²) in [7, 11) is 2.15. The van der Waals surface area contributed by atoms with Crippen LogP contribution >= 0.6 is 0 Å². The molecule has 2 heteroatoms. The number of rotatable bonds is 1. The molecule has 2 nitrogen and oxygen atoms in total. The van der Waals surface area contributed by atoms with E-state index >= 15 is 0 Å². The number of nitrogens with zero attached hydrogens (tertiary/aromatic N) is 2. The molecule has 0 aromatic heterocycles. The van der Waals surface area contributed by atoms with Crippen LogP contribution in [-0.2, 0) is 0 Å². The smallest absolute Gasteiger partial charge is 0.243 e. The van der Waals surface area contributed by atoms with Gasteiger partial charge in [-0.3, -0.25) is 9.48 Å². The molecule has 0 atom stereocenters. The largest absolute Gasteiger partial charge is 0.265 e. The third-order valence-electron chi connectivity index (χ3n) is 2.27. The molecule has 0 fully saturated rings. The highest BCUT2D eigenvalue weighted by Gasteiger charge is 2.26. The zero-order valence-corrected chi connectivity index (χ0v) is 7.39. The van der Waals surface area contributed by atoms with Crippen LogP contribution in [0.4, 0.5) is 0 Å². The summed E-state index contributed by atoms with van der Waals surface area (Å²) in [5, 5.41) is 0.